The molecule has 1 aliphatic heterocycles. The van der Waals surface area contributed by atoms with Crippen molar-refractivity contribution in [2.75, 3.05) is 6.61 Å². The van der Waals surface area contributed by atoms with Crippen molar-refractivity contribution in [1.82, 2.24) is 0 Å². The molecular formula is C14H17NO2. The van der Waals surface area contributed by atoms with Crippen molar-refractivity contribution in [3.8, 4) is 11.8 Å². The van der Waals surface area contributed by atoms with Crippen LogP contribution in [0.1, 0.15) is 32.3 Å². The summed E-state index contributed by atoms with van der Waals surface area (Å²) in [7, 11) is 0. The molecule has 0 radical (unpaired) electrons. The zero-order chi connectivity index (χ0) is 12.3. The van der Waals surface area contributed by atoms with E-state index in [1.807, 2.05) is 12.1 Å². The summed E-state index contributed by atoms with van der Waals surface area (Å²) in [5.41, 5.74) is 0.595. The van der Waals surface area contributed by atoms with Crippen LogP contribution in [0.2, 0.25) is 0 Å². The van der Waals surface area contributed by atoms with Crippen LogP contribution in [0, 0.1) is 11.3 Å². The van der Waals surface area contributed by atoms with E-state index < -0.39 is 0 Å². The Balaban J connectivity index is 1.88. The molecule has 1 atom stereocenters. The minimum Gasteiger partial charge on any atom is -0.491 e. The van der Waals surface area contributed by atoms with E-state index in [0.717, 1.165) is 18.6 Å². The third-order valence-electron chi connectivity index (χ3n) is 2.95. The highest BCUT2D eigenvalue weighted by atomic mass is 16.6. The summed E-state index contributed by atoms with van der Waals surface area (Å²) in [6.07, 6.45) is 2.26. The summed E-state index contributed by atoms with van der Waals surface area (Å²) in [4.78, 5) is 0. The lowest BCUT2D eigenvalue weighted by Gasteiger charge is -2.19. The van der Waals surface area contributed by atoms with Crippen LogP contribution < -0.4 is 4.74 Å². The van der Waals surface area contributed by atoms with Crippen LogP contribution in [0.4, 0.5) is 0 Å². The Bertz CT molecular complexity index is 434. The predicted molar refractivity (Wildman–Crippen MR) is 64.8 cm³/mol. The molecule has 3 heteroatoms. The van der Waals surface area contributed by atoms with Crippen LogP contribution in [-0.2, 0) is 4.74 Å². The Labute approximate surface area is 102 Å². The Kier molecular flexibility index (Phi) is 3.35. The molecule has 2 rings (SSSR count). The van der Waals surface area contributed by atoms with Crippen LogP contribution in [0.15, 0.2) is 24.3 Å². The fourth-order valence-electron chi connectivity index (χ4n) is 2.04. The molecule has 0 aliphatic carbocycles. The molecule has 0 bridgehead atoms. The van der Waals surface area contributed by atoms with E-state index in [1.165, 1.54) is 0 Å². The number of benzene rings is 1. The fourth-order valence-corrected chi connectivity index (χ4v) is 2.04. The maximum atomic E-state index is 8.78. The van der Waals surface area contributed by atoms with Gasteiger partial charge in [-0.3, -0.25) is 0 Å². The van der Waals surface area contributed by atoms with Gasteiger partial charge in [-0.15, -0.1) is 0 Å². The molecule has 1 heterocycles. The van der Waals surface area contributed by atoms with Crippen LogP contribution in [-0.4, -0.2) is 18.3 Å². The standard InChI is InChI=1S/C14H17NO2/c1-14(2)7-6-13(17-14)10-16-12-5-3-4-11(8-12)9-15/h3-5,8,13H,6-7,10H2,1-2H3. The summed E-state index contributed by atoms with van der Waals surface area (Å²) in [5.74, 6) is 0.734. The topological polar surface area (TPSA) is 42.2 Å². The maximum absolute atomic E-state index is 8.78. The number of nitriles is 1. The van der Waals surface area contributed by atoms with Crippen molar-refractivity contribution < 1.29 is 9.47 Å². The van der Waals surface area contributed by atoms with E-state index in [-0.39, 0.29) is 11.7 Å². The van der Waals surface area contributed by atoms with Crippen molar-refractivity contribution in [1.29, 1.82) is 5.26 Å². The highest BCUT2D eigenvalue weighted by molar-refractivity contribution is 5.36. The van der Waals surface area contributed by atoms with Gasteiger partial charge in [-0.25, -0.2) is 0 Å². The first-order chi connectivity index (χ1) is 8.09. The van der Waals surface area contributed by atoms with Crippen LogP contribution in [0.25, 0.3) is 0 Å². The molecule has 1 saturated heterocycles. The normalized spacial score (nSPS) is 22.1. The number of rotatable bonds is 3. The highest BCUT2D eigenvalue weighted by Crippen LogP contribution is 2.29. The van der Waals surface area contributed by atoms with E-state index in [1.54, 1.807) is 12.1 Å². The van der Waals surface area contributed by atoms with Gasteiger partial charge in [0.05, 0.1) is 23.3 Å². The molecule has 1 unspecified atom stereocenters. The van der Waals surface area contributed by atoms with Crippen molar-refractivity contribution in [3.05, 3.63) is 29.8 Å². The van der Waals surface area contributed by atoms with Crippen LogP contribution in [0.3, 0.4) is 0 Å². The van der Waals surface area contributed by atoms with Gasteiger partial charge in [0.15, 0.2) is 0 Å². The summed E-state index contributed by atoms with van der Waals surface area (Å²) in [6, 6.07) is 9.30. The monoisotopic (exact) mass is 231 g/mol. The largest absolute Gasteiger partial charge is 0.491 e. The molecule has 90 valence electrons. The smallest absolute Gasteiger partial charge is 0.120 e. The average molecular weight is 231 g/mol. The second-order valence-corrected chi connectivity index (χ2v) is 4.99. The van der Waals surface area contributed by atoms with Crippen LogP contribution >= 0.6 is 0 Å². The van der Waals surface area contributed by atoms with E-state index in [4.69, 9.17) is 14.7 Å². The second kappa shape index (κ2) is 4.77. The van der Waals surface area contributed by atoms with E-state index >= 15 is 0 Å². The zero-order valence-corrected chi connectivity index (χ0v) is 10.3. The minimum absolute atomic E-state index is 0.0253. The first-order valence-corrected chi connectivity index (χ1v) is 5.90. The summed E-state index contributed by atoms with van der Waals surface area (Å²) in [6.45, 7) is 4.75. The number of hydrogen-bond acceptors (Lipinski definition) is 3. The quantitative estimate of drug-likeness (QED) is 0.803. The van der Waals surface area contributed by atoms with Crippen molar-refractivity contribution in [2.45, 2.75) is 38.4 Å². The summed E-state index contributed by atoms with van der Waals surface area (Å²) in [5, 5.41) is 8.78. The lowest BCUT2D eigenvalue weighted by Crippen LogP contribution is -2.23. The number of ether oxygens (including phenoxy) is 2. The van der Waals surface area contributed by atoms with Crippen LogP contribution in [0.5, 0.6) is 5.75 Å². The Morgan fingerprint density at radius 3 is 3.00 bits per heavy atom. The maximum Gasteiger partial charge on any atom is 0.120 e. The molecular weight excluding hydrogens is 214 g/mol. The molecule has 0 saturated carbocycles. The first-order valence-electron chi connectivity index (χ1n) is 5.90. The molecule has 3 nitrogen and oxygen atoms in total. The second-order valence-electron chi connectivity index (χ2n) is 4.99. The van der Waals surface area contributed by atoms with Gasteiger partial charge in [-0.1, -0.05) is 6.07 Å². The van der Waals surface area contributed by atoms with Crippen molar-refractivity contribution >= 4 is 0 Å². The SMILES string of the molecule is CC1(C)CCC(COc2cccc(C#N)c2)O1. The molecule has 0 amide bonds. The van der Waals surface area contributed by atoms with Gasteiger partial charge in [-0.05, 0) is 44.9 Å². The molecule has 1 aromatic carbocycles. The highest BCUT2D eigenvalue weighted by Gasteiger charge is 2.31. The van der Waals surface area contributed by atoms with Gasteiger partial charge in [0.2, 0.25) is 0 Å². The lowest BCUT2D eigenvalue weighted by molar-refractivity contribution is -0.0326. The molecule has 1 fully saturated rings. The summed E-state index contributed by atoms with van der Waals surface area (Å²) < 4.78 is 11.5. The van der Waals surface area contributed by atoms with Gasteiger partial charge in [0.25, 0.3) is 0 Å². The number of nitrogens with zero attached hydrogens (tertiary/aromatic N) is 1. The van der Waals surface area contributed by atoms with Gasteiger partial charge in [0, 0.05) is 0 Å². The lowest BCUT2D eigenvalue weighted by atomic mass is 10.1. The molecule has 0 aromatic heterocycles. The van der Waals surface area contributed by atoms with Gasteiger partial charge >= 0.3 is 0 Å². The van der Waals surface area contributed by atoms with E-state index in [9.17, 15) is 0 Å². The third kappa shape index (κ3) is 3.21. The fraction of sp³-hybridized carbons (Fsp3) is 0.500. The van der Waals surface area contributed by atoms with E-state index in [0.29, 0.717) is 12.2 Å². The molecule has 0 N–H and O–H groups in total. The van der Waals surface area contributed by atoms with E-state index in [2.05, 4.69) is 19.9 Å². The summed E-state index contributed by atoms with van der Waals surface area (Å²) >= 11 is 0. The molecule has 1 aromatic rings. The zero-order valence-electron chi connectivity index (χ0n) is 10.3. The average Bonchev–Trinajstić information content (AvgIpc) is 2.67. The predicted octanol–water partition coefficient (Wildman–Crippen LogP) is 2.89. The third-order valence-corrected chi connectivity index (χ3v) is 2.95. The van der Waals surface area contributed by atoms with Gasteiger partial charge in [-0.2, -0.15) is 5.26 Å². The van der Waals surface area contributed by atoms with Crippen molar-refractivity contribution in [3.63, 3.8) is 0 Å². The molecule has 1 aliphatic rings. The number of hydrogen-bond donors (Lipinski definition) is 0. The minimum atomic E-state index is -0.0253. The molecule has 17 heavy (non-hydrogen) atoms. The van der Waals surface area contributed by atoms with Gasteiger partial charge < -0.3 is 9.47 Å². The Morgan fingerprint density at radius 2 is 2.35 bits per heavy atom. The van der Waals surface area contributed by atoms with Gasteiger partial charge in [0.1, 0.15) is 12.4 Å². The molecule has 0 spiro atoms. The van der Waals surface area contributed by atoms with Crippen molar-refractivity contribution in [2.24, 2.45) is 0 Å². The Morgan fingerprint density at radius 1 is 1.53 bits per heavy atom. The Hall–Kier alpha value is -1.53. The first kappa shape index (κ1) is 11.9.